The van der Waals surface area contributed by atoms with Gasteiger partial charge in [0.1, 0.15) is 0 Å². The Balaban J connectivity index is 2.99. The maximum Gasteiger partial charge on any atom is 0.254 e. The van der Waals surface area contributed by atoms with Gasteiger partial charge in [0, 0.05) is 23.2 Å². The molecule has 0 saturated carbocycles. The molecule has 0 bridgehead atoms. The van der Waals surface area contributed by atoms with Gasteiger partial charge in [-0.2, -0.15) is 4.03 Å². The van der Waals surface area contributed by atoms with Gasteiger partial charge < -0.3 is 0 Å². The van der Waals surface area contributed by atoms with Crippen LogP contribution in [-0.2, 0) is 10.0 Å². The van der Waals surface area contributed by atoms with E-state index >= 15 is 0 Å². The van der Waals surface area contributed by atoms with E-state index in [4.69, 9.17) is 0 Å². The van der Waals surface area contributed by atoms with Crippen LogP contribution in [0.2, 0.25) is 0 Å². The van der Waals surface area contributed by atoms with Crippen molar-refractivity contribution in [1.29, 1.82) is 0 Å². The summed E-state index contributed by atoms with van der Waals surface area (Å²) in [6, 6.07) is 6.63. The Labute approximate surface area is 92.3 Å². The van der Waals surface area contributed by atoms with Crippen LogP contribution in [0.4, 0.5) is 0 Å². The van der Waals surface area contributed by atoms with Crippen molar-refractivity contribution in [3.63, 3.8) is 0 Å². The molecule has 0 amide bonds. The maximum absolute atomic E-state index is 11.6. The highest BCUT2D eigenvalue weighted by Gasteiger charge is 2.14. The quantitative estimate of drug-likeness (QED) is 0.672. The normalized spacial score (nSPS) is 12.0. The summed E-state index contributed by atoms with van der Waals surface area (Å²) in [5.74, 6) is 0. The Bertz CT molecular complexity index is 400. The summed E-state index contributed by atoms with van der Waals surface area (Å²) in [5.41, 5.74) is 1.02. The molecule has 0 saturated heterocycles. The lowest BCUT2D eigenvalue weighted by Gasteiger charge is -2.10. The number of hydrazine groups is 1. The highest BCUT2D eigenvalue weighted by molar-refractivity contribution is 9.07. The molecule has 0 aliphatic carbocycles. The third kappa shape index (κ3) is 3.06. The number of nitrogens with zero attached hydrogens (tertiary/aromatic N) is 1. The predicted octanol–water partition coefficient (Wildman–Crippen LogP) is 1.43. The number of hydrogen-bond acceptors (Lipinski definition) is 3. The van der Waals surface area contributed by atoms with Crippen LogP contribution in [-0.4, -0.2) is 19.5 Å². The van der Waals surface area contributed by atoms with Gasteiger partial charge in [-0.05, 0) is 19.1 Å². The Morgan fingerprint density at radius 3 is 2.21 bits per heavy atom. The summed E-state index contributed by atoms with van der Waals surface area (Å²) >= 11 is 2.96. The summed E-state index contributed by atoms with van der Waals surface area (Å²) in [6.45, 7) is 1.90. The summed E-state index contributed by atoms with van der Waals surface area (Å²) < 4.78 is 24.4. The molecular weight excluding hydrogens is 268 g/mol. The maximum atomic E-state index is 11.6. The van der Waals surface area contributed by atoms with E-state index in [0.29, 0.717) is 0 Å². The molecule has 6 heteroatoms. The predicted molar refractivity (Wildman–Crippen MR) is 58.2 cm³/mol. The molecule has 0 spiro atoms. The van der Waals surface area contributed by atoms with Gasteiger partial charge in [-0.3, -0.25) is 0 Å². The van der Waals surface area contributed by atoms with Crippen molar-refractivity contribution in [1.82, 2.24) is 8.87 Å². The Morgan fingerprint density at radius 2 is 1.79 bits per heavy atom. The first kappa shape index (κ1) is 11.6. The molecular formula is C8H11BrN2O2S. The molecule has 0 aliphatic heterocycles. The largest absolute Gasteiger partial charge is 0.254 e. The standard InChI is InChI=1S/C8H11BrN2O2S/c1-7-3-5-8(6-4-7)14(12,13)10-11(2)9/h3-6,10H,1-2H3. The second kappa shape index (κ2) is 4.39. The van der Waals surface area contributed by atoms with Crippen LogP contribution < -0.4 is 4.83 Å². The van der Waals surface area contributed by atoms with Gasteiger partial charge >= 0.3 is 0 Å². The molecule has 0 heterocycles. The van der Waals surface area contributed by atoms with E-state index in [2.05, 4.69) is 21.0 Å². The van der Waals surface area contributed by atoms with Crippen molar-refractivity contribution < 1.29 is 8.42 Å². The number of sulfonamides is 1. The molecule has 0 fully saturated rings. The van der Waals surface area contributed by atoms with E-state index in [0.717, 1.165) is 5.56 Å². The van der Waals surface area contributed by atoms with Gasteiger partial charge in [0.15, 0.2) is 0 Å². The topological polar surface area (TPSA) is 49.4 Å². The van der Waals surface area contributed by atoms with Crippen LogP contribution >= 0.6 is 16.1 Å². The van der Waals surface area contributed by atoms with Crippen molar-refractivity contribution in [2.75, 3.05) is 7.05 Å². The third-order valence-electron chi connectivity index (χ3n) is 1.58. The first-order chi connectivity index (χ1) is 6.42. The van der Waals surface area contributed by atoms with Crippen molar-refractivity contribution >= 4 is 26.2 Å². The zero-order valence-corrected chi connectivity index (χ0v) is 10.3. The van der Waals surface area contributed by atoms with Crippen LogP contribution in [0.5, 0.6) is 0 Å². The second-order valence-corrected chi connectivity index (χ2v) is 5.61. The number of nitrogens with one attached hydrogen (secondary N) is 1. The fourth-order valence-electron chi connectivity index (χ4n) is 0.936. The number of aryl methyl sites for hydroxylation is 1. The van der Waals surface area contributed by atoms with Crippen molar-refractivity contribution in [3.05, 3.63) is 29.8 Å². The van der Waals surface area contributed by atoms with Gasteiger partial charge in [0.05, 0.1) is 4.90 Å². The van der Waals surface area contributed by atoms with Crippen molar-refractivity contribution in [2.24, 2.45) is 0 Å². The molecule has 0 aromatic heterocycles. The highest BCUT2D eigenvalue weighted by atomic mass is 79.9. The average Bonchev–Trinajstić information content (AvgIpc) is 2.02. The molecule has 0 aliphatic rings. The Morgan fingerprint density at radius 1 is 1.29 bits per heavy atom. The Hall–Kier alpha value is -0.430. The fraction of sp³-hybridized carbons (Fsp3) is 0.250. The van der Waals surface area contributed by atoms with Crippen molar-refractivity contribution in [2.45, 2.75) is 11.8 Å². The number of benzene rings is 1. The van der Waals surface area contributed by atoms with Crippen LogP contribution in [0.1, 0.15) is 5.56 Å². The van der Waals surface area contributed by atoms with Gasteiger partial charge in [-0.1, -0.05) is 17.7 Å². The van der Waals surface area contributed by atoms with Crippen LogP contribution in [0, 0.1) is 6.92 Å². The van der Waals surface area contributed by atoms with E-state index in [1.165, 1.54) is 4.03 Å². The highest BCUT2D eigenvalue weighted by Crippen LogP contribution is 2.10. The van der Waals surface area contributed by atoms with Crippen molar-refractivity contribution in [3.8, 4) is 0 Å². The molecule has 0 radical (unpaired) electrons. The van der Waals surface area contributed by atoms with E-state index in [-0.39, 0.29) is 4.90 Å². The number of halogens is 1. The van der Waals surface area contributed by atoms with E-state index in [1.807, 2.05) is 6.92 Å². The molecule has 0 atom stereocenters. The summed E-state index contributed by atoms with van der Waals surface area (Å²) in [5, 5.41) is 0. The SMILES string of the molecule is Cc1ccc(S(=O)(=O)NN(C)Br)cc1. The molecule has 4 nitrogen and oxygen atoms in total. The molecule has 14 heavy (non-hydrogen) atoms. The Kier molecular flexibility index (Phi) is 3.65. The van der Waals surface area contributed by atoms with Gasteiger partial charge in [-0.15, -0.1) is 4.83 Å². The zero-order chi connectivity index (χ0) is 10.8. The third-order valence-corrected chi connectivity index (χ3v) is 3.40. The fourth-order valence-corrected chi connectivity index (χ4v) is 2.44. The van der Waals surface area contributed by atoms with E-state index in [9.17, 15) is 8.42 Å². The number of hydrogen-bond donors (Lipinski definition) is 1. The number of rotatable bonds is 3. The lowest BCUT2D eigenvalue weighted by atomic mass is 10.2. The summed E-state index contributed by atoms with van der Waals surface area (Å²) in [6.07, 6.45) is 0. The van der Waals surface area contributed by atoms with Gasteiger partial charge in [-0.25, -0.2) is 8.42 Å². The molecule has 0 unspecified atom stereocenters. The van der Waals surface area contributed by atoms with E-state index in [1.54, 1.807) is 31.3 Å². The van der Waals surface area contributed by atoms with Gasteiger partial charge in [0.25, 0.3) is 10.0 Å². The first-order valence-electron chi connectivity index (χ1n) is 3.90. The second-order valence-electron chi connectivity index (χ2n) is 2.88. The molecule has 1 N–H and O–H groups in total. The monoisotopic (exact) mass is 278 g/mol. The summed E-state index contributed by atoms with van der Waals surface area (Å²) in [7, 11) is -1.90. The van der Waals surface area contributed by atoms with Crippen LogP contribution in [0.25, 0.3) is 0 Å². The zero-order valence-electron chi connectivity index (χ0n) is 7.86. The minimum Gasteiger partial charge on any atom is -0.206 e. The molecule has 1 rings (SSSR count). The minimum atomic E-state index is -3.45. The lowest BCUT2D eigenvalue weighted by Crippen LogP contribution is -2.32. The van der Waals surface area contributed by atoms with E-state index < -0.39 is 10.0 Å². The molecule has 1 aromatic carbocycles. The summed E-state index contributed by atoms with van der Waals surface area (Å²) in [4.78, 5) is 2.52. The molecule has 78 valence electrons. The first-order valence-corrected chi connectivity index (χ1v) is 6.10. The van der Waals surface area contributed by atoms with Gasteiger partial charge in [0.2, 0.25) is 0 Å². The minimum absolute atomic E-state index is 0.245. The van der Waals surface area contributed by atoms with Crippen LogP contribution in [0.15, 0.2) is 29.2 Å². The molecule has 1 aromatic rings. The van der Waals surface area contributed by atoms with Crippen LogP contribution in [0.3, 0.4) is 0 Å². The lowest BCUT2D eigenvalue weighted by molar-refractivity contribution is 0.503. The average molecular weight is 279 g/mol. The smallest absolute Gasteiger partial charge is 0.206 e.